The van der Waals surface area contributed by atoms with Crippen LogP contribution >= 0.6 is 11.3 Å². The zero-order valence-corrected chi connectivity index (χ0v) is 14.6. The standard InChI is InChI=1S/C18H19NO5S/c1-24-18(23)14-10-3-2-4-11(10)25-16(14)19-15(20)12-8-5-6-9(7-8)13(12)17(21)22/h5-6,8-9,12-13H,2-4,7H2,1H3,(H,19,20)(H,21,22)/p-1/t8-,9+,12-,13+/m1/s1. The van der Waals surface area contributed by atoms with Crippen LogP contribution in [0.4, 0.5) is 5.00 Å². The number of aliphatic carboxylic acids is 1. The lowest BCUT2D eigenvalue weighted by Gasteiger charge is -2.27. The molecule has 0 unspecified atom stereocenters. The van der Waals surface area contributed by atoms with Crippen molar-refractivity contribution in [2.24, 2.45) is 23.7 Å². The molecule has 4 rings (SSSR count). The summed E-state index contributed by atoms with van der Waals surface area (Å²) in [5.74, 6) is -3.67. The van der Waals surface area contributed by atoms with E-state index in [1.54, 1.807) is 0 Å². The highest BCUT2D eigenvalue weighted by molar-refractivity contribution is 7.17. The maximum absolute atomic E-state index is 12.8. The van der Waals surface area contributed by atoms with E-state index in [1.807, 2.05) is 12.2 Å². The van der Waals surface area contributed by atoms with Gasteiger partial charge in [0.15, 0.2) is 0 Å². The minimum atomic E-state index is -1.18. The second-order valence-corrected chi connectivity index (χ2v) is 7.97. The number of amides is 1. The Kier molecular flexibility index (Phi) is 3.91. The lowest BCUT2D eigenvalue weighted by atomic mass is 9.82. The number of ether oxygens (including phenoxy) is 1. The summed E-state index contributed by atoms with van der Waals surface area (Å²) >= 11 is 1.40. The number of allylic oxidation sites excluding steroid dienone is 2. The van der Waals surface area contributed by atoms with Crippen LogP contribution in [0, 0.1) is 23.7 Å². The van der Waals surface area contributed by atoms with Gasteiger partial charge in [-0.1, -0.05) is 12.2 Å². The number of hydrogen-bond acceptors (Lipinski definition) is 6. The first-order chi connectivity index (χ1) is 12.0. The molecule has 1 amide bonds. The molecule has 0 aromatic carbocycles. The average Bonchev–Trinajstić information content (AvgIpc) is 3.32. The normalized spacial score (nSPS) is 28.8. The highest BCUT2D eigenvalue weighted by Crippen LogP contribution is 2.48. The third kappa shape index (κ3) is 2.49. The van der Waals surface area contributed by atoms with Crippen molar-refractivity contribution in [3.63, 3.8) is 0 Å². The number of esters is 1. The predicted octanol–water partition coefficient (Wildman–Crippen LogP) is 1.15. The molecule has 7 heteroatoms. The highest BCUT2D eigenvalue weighted by Gasteiger charge is 2.49. The van der Waals surface area contributed by atoms with Crippen molar-refractivity contribution in [1.29, 1.82) is 0 Å². The Balaban J connectivity index is 1.63. The molecule has 3 aliphatic carbocycles. The molecule has 1 heterocycles. The Morgan fingerprint density at radius 2 is 1.92 bits per heavy atom. The Morgan fingerprint density at radius 3 is 2.60 bits per heavy atom. The quantitative estimate of drug-likeness (QED) is 0.642. The summed E-state index contributed by atoms with van der Waals surface area (Å²) in [5, 5.41) is 14.8. The first-order valence-corrected chi connectivity index (χ1v) is 9.25. The topological polar surface area (TPSA) is 95.5 Å². The van der Waals surface area contributed by atoms with Gasteiger partial charge in [0.2, 0.25) is 5.91 Å². The number of carboxylic acids is 1. The van der Waals surface area contributed by atoms with Crippen molar-refractivity contribution < 1.29 is 24.2 Å². The van der Waals surface area contributed by atoms with E-state index in [9.17, 15) is 19.5 Å². The monoisotopic (exact) mass is 360 g/mol. The van der Waals surface area contributed by atoms with Crippen LogP contribution < -0.4 is 10.4 Å². The van der Waals surface area contributed by atoms with Crippen molar-refractivity contribution in [3.8, 4) is 0 Å². The molecule has 1 saturated carbocycles. The van der Waals surface area contributed by atoms with Crippen LogP contribution in [-0.4, -0.2) is 25.0 Å². The molecule has 3 aliphatic rings. The molecule has 0 spiro atoms. The molecule has 4 atom stereocenters. The highest BCUT2D eigenvalue weighted by atomic mass is 32.1. The van der Waals surface area contributed by atoms with Crippen LogP contribution in [-0.2, 0) is 27.2 Å². The van der Waals surface area contributed by atoms with Crippen LogP contribution in [0.2, 0.25) is 0 Å². The van der Waals surface area contributed by atoms with Crippen molar-refractivity contribution in [2.45, 2.75) is 25.7 Å². The fourth-order valence-corrected chi connectivity index (χ4v) is 5.79. The third-order valence-corrected chi connectivity index (χ3v) is 6.79. The first kappa shape index (κ1) is 16.3. The molecule has 0 aliphatic heterocycles. The zero-order valence-electron chi connectivity index (χ0n) is 13.7. The maximum Gasteiger partial charge on any atom is 0.341 e. The summed E-state index contributed by atoms with van der Waals surface area (Å²) in [4.78, 5) is 37.6. The van der Waals surface area contributed by atoms with Crippen LogP contribution in [0.25, 0.3) is 0 Å². The lowest BCUT2D eigenvalue weighted by molar-refractivity contribution is -0.313. The van der Waals surface area contributed by atoms with E-state index in [4.69, 9.17) is 4.74 Å². The number of carboxylic acid groups (broad SMARTS) is 1. The smallest absolute Gasteiger partial charge is 0.341 e. The first-order valence-electron chi connectivity index (χ1n) is 8.44. The third-order valence-electron chi connectivity index (χ3n) is 5.58. The number of thiophene rings is 1. The second-order valence-electron chi connectivity index (χ2n) is 6.86. The number of anilines is 1. The van der Waals surface area contributed by atoms with Crippen LogP contribution in [0.1, 0.15) is 33.6 Å². The SMILES string of the molecule is COC(=O)c1c(NC(=O)[C@H]2[C@@H](C(=O)[O-])[C@H]3C=C[C@@H]2C3)sc2c1CCC2. The molecule has 1 fully saturated rings. The number of carbonyl (C=O) groups excluding carboxylic acids is 3. The fraction of sp³-hybridized carbons (Fsp3) is 0.500. The zero-order chi connectivity index (χ0) is 17.7. The molecular formula is C18H18NO5S-. The van der Waals surface area contributed by atoms with Crippen molar-refractivity contribution in [1.82, 2.24) is 0 Å². The van der Waals surface area contributed by atoms with Crippen molar-refractivity contribution >= 4 is 34.2 Å². The van der Waals surface area contributed by atoms with E-state index in [1.165, 1.54) is 18.4 Å². The number of fused-ring (bicyclic) bond motifs is 3. The Morgan fingerprint density at radius 1 is 1.20 bits per heavy atom. The van der Waals surface area contributed by atoms with Crippen LogP contribution in [0.15, 0.2) is 12.2 Å². The summed E-state index contributed by atoms with van der Waals surface area (Å²) in [6.07, 6.45) is 7.13. The molecule has 0 radical (unpaired) electrons. The lowest BCUT2D eigenvalue weighted by Crippen LogP contribution is -2.42. The van der Waals surface area contributed by atoms with E-state index >= 15 is 0 Å². The summed E-state index contributed by atoms with van der Waals surface area (Å²) in [6, 6.07) is 0. The molecule has 132 valence electrons. The van der Waals surface area contributed by atoms with Gasteiger partial charge < -0.3 is 20.0 Å². The maximum atomic E-state index is 12.8. The number of hydrogen-bond donors (Lipinski definition) is 1. The van der Waals surface area contributed by atoms with Gasteiger partial charge in [0.05, 0.1) is 18.6 Å². The largest absolute Gasteiger partial charge is 0.550 e. The minimum absolute atomic E-state index is 0.0821. The molecule has 25 heavy (non-hydrogen) atoms. The van der Waals surface area contributed by atoms with E-state index in [0.717, 1.165) is 29.7 Å². The summed E-state index contributed by atoms with van der Waals surface area (Å²) in [7, 11) is 1.32. The van der Waals surface area contributed by atoms with Gasteiger partial charge in [0, 0.05) is 16.8 Å². The molecule has 6 nitrogen and oxygen atoms in total. The van der Waals surface area contributed by atoms with Gasteiger partial charge in [-0.3, -0.25) is 4.79 Å². The van der Waals surface area contributed by atoms with Gasteiger partial charge >= 0.3 is 5.97 Å². The number of carbonyl (C=O) groups is 3. The van der Waals surface area contributed by atoms with Crippen LogP contribution in [0.3, 0.4) is 0 Å². The summed E-state index contributed by atoms with van der Waals surface area (Å²) in [5.41, 5.74) is 1.38. The second kappa shape index (κ2) is 5.98. The molecule has 2 bridgehead atoms. The Labute approximate surface area is 148 Å². The van der Waals surface area contributed by atoms with E-state index < -0.39 is 23.8 Å². The van der Waals surface area contributed by atoms with Gasteiger partial charge in [-0.15, -0.1) is 11.3 Å². The van der Waals surface area contributed by atoms with Crippen molar-refractivity contribution in [3.05, 3.63) is 28.2 Å². The van der Waals surface area contributed by atoms with Gasteiger partial charge in [0.25, 0.3) is 0 Å². The number of nitrogens with one attached hydrogen (secondary N) is 1. The molecular weight excluding hydrogens is 342 g/mol. The number of rotatable bonds is 4. The van der Waals surface area contributed by atoms with E-state index in [0.29, 0.717) is 17.0 Å². The van der Waals surface area contributed by atoms with E-state index in [2.05, 4.69) is 5.32 Å². The van der Waals surface area contributed by atoms with Gasteiger partial charge in [-0.05, 0) is 43.1 Å². The Hall–Kier alpha value is -2.15. The van der Waals surface area contributed by atoms with Gasteiger partial charge in [-0.2, -0.15) is 0 Å². The molecule has 1 N–H and O–H groups in total. The number of aryl methyl sites for hydroxylation is 1. The molecule has 1 aromatic rings. The average molecular weight is 360 g/mol. The van der Waals surface area contributed by atoms with Crippen LogP contribution in [0.5, 0.6) is 0 Å². The van der Waals surface area contributed by atoms with E-state index in [-0.39, 0.29) is 17.7 Å². The molecule has 0 saturated heterocycles. The van der Waals surface area contributed by atoms with Gasteiger partial charge in [0.1, 0.15) is 5.00 Å². The minimum Gasteiger partial charge on any atom is -0.550 e. The molecule has 1 aromatic heterocycles. The van der Waals surface area contributed by atoms with Gasteiger partial charge in [-0.25, -0.2) is 4.79 Å². The predicted molar refractivity (Wildman–Crippen MR) is 89.0 cm³/mol. The Bertz CT molecular complexity index is 796. The number of methoxy groups -OCH3 is 1. The summed E-state index contributed by atoms with van der Waals surface area (Å²) < 4.78 is 4.88. The fourth-order valence-electron chi connectivity index (χ4n) is 4.51. The van der Waals surface area contributed by atoms with Crippen molar-refractivity contribution in [2.75, 3.05) is 12.4 Å². The summed E-state index contributed by atoms with van der Waals surface area (Å²) in [6.45, 7) is 0.